The second kappa shape index (κ2) is 7.64. The van der Waals surface area contributed by atoms with Gasteiger partial charge in [0.1, 0.15) is 5.82 Å². The number of urea groups is 1. The van der Waals surface area contributed by atoms with Gasteiger partial charge in [0, 0.05) is 32.7 Å². The average molecular weight is 290 g/mol. The summed E-state index contributed by atoms with van der Waals surface area (Å²) in [4.78, 5) is 16.1. The third-order valence-corrected chi connectivity index (χ3v) is 3.30. The molecule has 0 bridgehead atoms. The molecule has 114 valence electrons. The van der Waals surface area contributed by atoms with Gasteiger partial charge in [-0.1, -0.05) is 12.1 Å². The van der Waals surface area contributed by atoms with Crippen molar-refractivity contribution in [1.29, 1.82) is 0 Å². The molecule has 3 N–H and O–H groups in total. The molecule has 1 heterocycles. The zero-order valence-electron chi connectivity index (χ0n) is 12.3. The Hall–Kier alpha value is -2.08. The van der Waals surface area contributed by atoms with Crippen LogP contribution in [0.1, 0.15) is 19.2 Å². The van der Waals surface area contributed by atoms with Gasteiger partial charge < -0.3 is 20.3 Å². The number of hydrogen-bond donors (Lipinski definition) is 3. The summed E-state index contributed by atoms with van der Waals surface area (Å²) in [6.45, 7) is 4.05. The number of carbonyl (C=O) groups excluding carboxylic acids is 1. The zero-order chi connectivity index (χ0) is 15.1. The van der Waals surface area contributed by atoms with E-state index in [0.717, 1.165) is 23.4 Å². The molecule has 21 heavy (non-hydrogen) atoms. The highest BCUT2D eigenvalue weighted by Gasteiger charge is 2.09. The Morgan fingerprint density at radius 3 is 2.81 bits per heavy atom. The van der Waals surface area contributed by atoms with E-state index in [2.05, 4.69) is 33.2 Å². The molecule has 0 aliphatic rings. The Bertz CT molecular complexity index is 594. The van der Waals surface area contributed by atoms with E-state index in [0.29, 0.717) is 25.9 Å². The molecule has 0 fully saturated rings. The number of nitrogens with zero attached hydrogens (tertiary/aromatic N) is 2. The second-order valence-corrected chi connectivity index (χ2v) is 4.77. The Balaban J connectivity index is 1.90. The van der Waals surface area contributed by atoms with Crippen molar-refractivity contribution in [1.82, 2.24) is 20.2 Å². The number of hydrogen-bond acceptors (Lipinski definition) is 3. The van der Waals surface area contributed by atoms with Gasteiger partial charge in [0.05, 0.1) is 11.0 Å². The zero-order valence-corrected chi connectivity index (χ0v) is 12.3. The topological polar surface area (TPSA) is 79.2 Å². The maximum atomic E-state index is 11.5. The van der Waals surface area contributed by atoms with Crippen molar-refractivity contribution in [2.45, 2.75) is 26.3 Å². The molecule has 0 saturated carbocycles. The predicted octanol–water partition coefficient (Wildman–Crippen LogP) is 1.28. The van der Waals surface area contributed by atoms with Gasteiger partial charge in [0.25, 0.3) is 0 Å². The number of fused-ring (bicyclic) bond motifs is 1. The molecular formula is C15H22N4O2. The van der Waals surface area contributed by atoms with Crippen LogP contribution < -0.4 is 10.6 Å². The number of carbonyl (C=O) groups is 1. The van der Waals surface area contributed by atoms with Gasteiger partial charge in [0.15, 0.2) is 0 Å². The van der Waals surface area contributed by atoms with E-state index in [1.807, 2.05) is 18.2 Å². The van der Waals surface area contributed by atoms with Crippen LogP contribution >= 0.6 is 0 Å². The van der Waals surface area contributed by atoms with Crippen molar-refractivity contribution >= 4 is 17.1 Å². The van der Waals surface area contributed by atoms with E-state index in [1.54, 1.807) is 0 Å². The van der Waals surface area contributed by atoms with Gasteiger partial charge in [-0.2, -0.15) is 0 Å². The van der Waals surface area contributed by atoms with E-state index in [1.165, 1.54) is 0 Å². The highest BCUT2D eigenvalue weighted by atomic mass is 16.3. The number of aromatic nitrogens is 2. The van der Waals surface area contributed by atoms with Crippen LogP contribution in [0.3, 0.4) is 0 Å². The number of aryl methyl sites for hydroxylation is 1. The first-order valence-electron chi connectivity index (χ1n) is 7.33. The molecule has 0 spiro atoms. The smallest absolute Gasteiger partial charge is 0.314 e. The summed E-state index contributed by atoms with van der Waals surface area (Å²) in [5.74, 6) is 0.981. The summed E-state index contributed by atoms with van der Waals surface area (Å²) >= 11 is 0. The number of para-hydroxylation sites is 2. The van der Waals surface area contributed by atoms with Crippen molar-refractivity contribution < 1.29 is 9.90 Å². The molecule has 6 nitrogen and oxygen atoms in total. The van der Waals surface area contributed by atoms with E-state index < -0.39 is 0 Å². The fourth-order valence-corrected chi connectivity index (χ4v) is 2.30. The molecule has 2 aromatic rings. The maximum absolute atomic E-state index is 11.5. The third-order valence-electron chi connectivity index (χ3n) is 3.30. The van der Waals surface area contributed by atoms with Crippen LogP contribution in [-0.4, -0.2) is 40.4 Å². The third kappa shape index (κ3) is 3.95. The first kappa shape index (κ1) is 15.3. The summed E-state index contributed by atoms with van der Waals surface area (Å²) < 4.78 is 2.17. The quantitative estimate of drug-likeness (QED) is 0.672. The first-order valence-corrected chi connectivity index (χ1v) is 7.33. The van der Waals surface area contributed by atoms with Gasteiger partial charge in [-0.25, -0.2) is 9.78 Å². The fourth-order valence-electron chi connectivity index (χ4n) is 2.30. The number of aliphatic hydroxyl groups is 1. The highest BCUT2D eigenvalue weighted by molar-refractivity contribution is 5.76. The molecule has 1 aromatic heterocycles. The van der Waals surface area contributed by atoms with Gasteiger partial charge in [0.2, 0.25) is 0 Å². The number of imidazole rings is 1. The minimum absolute atomic E-state index is 0.0841. The van der Waals surface area contributed by atoms with Crippen molar-refractivity contribution in [3.8, 4) is 0 Å². The van der Waals surface area contributed by atoms with Crippen molar-refractivity contribution in [2.24, 2.45) is 0 Å². The second-order valence-electron chi connectivity index (χ2n) is 4.77. The number of benzene rings is 1. The van der Waals surface area contributed by atoms with Crippen LogP contribution in [0.4, 0.5) is 4.79 Å². The highest BCUT2D eigenvalue weighted by Crippen LogP contribution is 2.15. The summed E-state index contributed by atoms with van der Waals surface area (Å²) in [6, 6.07) is 7.84. The lowest BCUT2D eigenvalue weighted by Gasteiger charge is -2.08. The number of amides is 2. The molecule has 0 aliphatic carbocycles. The Labute approximate surface area is 124 Å². The minimum atomic E-state index is -0.206. The van der Waals surface area contributed by atoms with Gasteiger partial charge in [-0.15, -0.1) is 0 Å². The molecule has 1 aromatic carbocycles. The lowest BCUT2D eigenvalue weighted by Crippen LogP contribution is -2.37. The Morgan fingerprint density at radius 1 is 1.29 bits per heavy atom. The largest absolute Gasteiger partial charge is 0.396 e. The molecular weight excluding hydrogens is 268 g/mol. The van der Waals surface area contributed by atoms with Crippen LogP contribution in [0.15, 0.2) is 24.3 Å². The molecule has 0 radical (unpaired) electrons. The fraction of sp³-hybridized carbons (Fsp3) is 0.467. The molecule has 0 aliphatic heterocycles. The van der Waals surface area contributed by atoms with E-state index in [-0.39, 0.29) is 12.6 Å². The molecule has 0 unspecified atom stereocenters. The lowest BCUT2D eigenvalue weighted by molar-refractivity contribution is 0.238. The van der Waals surface area contributed by atoms with Crippen molar-refractivity contribution in [3.63, 3.8) is 0 Å². The summed E-state index contributed by atoms with van der Waals surface area (Å²) in [5, 5.41) is 14.1. The lowest BCUT2D eigenvalue weighted by atomic mass is 10.3. The van der Waals surface area contributed by atoms with Gasteiger partial charge in [-0.3, -0.25) is 0 Å². The van der Waals surface area contributed by atoms with Crippen LogP contribution in [-0.2, 0) is 13.0 Å². The standard InChI is InChI=1S/C15H22N4O2/c1-2-19-13-7-4-3-6-12(13)18-14(19)8-10-17-15(21)16-9-5-11-20/h3-4,6-7,20H,2,5,8-11H2,1H3,(H2,16,17,21). The van der Waals surface area contributed by atoms with Crippen molar-refractivity contribution in [3.05, 3.63) is 30.1 Å². The maximum Gasteiger partial charge on any atom is 0.314 e. The molecule has 2 amide bonds. The number of rotatable bonds is 7. The first-order chi connectivity index (χ1) is 10.3. The predicted molar refractivity (Wildman–Crippen MR) is 82.2 cm³/mol. The van der Waals surface area contributed by atoms with E-state index >= 15 is 0 Å². The molecule has 2 rings (SSSR count). The number of nitrogens with one attached hydrogen (secondary N) is 2. The monoisotopic (exact) mass is 290 g/mol. The minimum Gasteiger partial charge on any atom is -0.396 e. The van der Waals surface area contributed by atoms with Crippen LogP contribution in [0.5, 0.6) is 0 Å². The van der Waals surface area contributed by atoms with Crippen LogP contribution in [0.2, 0.25) is 0 Å². The number of aliphatic hydroxyl groups excluding tert-OH is 1. The summed E-state index contributed by atoms with van der Waals surface area (Å²) in [6.07, 6.45) is 1.26. The molecule has 6 heteroatoms. The molecule has 0 saturated heterocycles. The van der Waals surface area contributed by atoms with Crippen molar-refractivity contribution in [2.75, 3.05) is 19.7 Å². The Kier molecular flexibility index (Phi) is 5.57. The van der Waals surface area contributed by atoms with Crippen LogP contribution in [0, 0.1) is 0 Å². The van der Waals surface area contributed by atoms with E-state index in [4.69, 9.17) is 5.11 Å². The van der Waals surface area contributed by atoms with Crippen LogP contribution in [0.25, 0.3) is 11.0 Å². The Morgan fingerprint density at radius 2 is 2.05 bits per heavy atom. The average Bonchev–Trinajstić information content (AvgIpc) is 2.85. The van der Waals surface area contributed by atoms with Gasteiger partial charge in [-0.05, 0) is 25.5 Å². The summed E-state index contributed by atoms with van der Waals surface area (Å²) in [5.41, 5.74) is 2.11. The SMILES string of the molecule is CCn1c(CCNC(=O)NCCCO)nc2ccccc21. The normalized spacial score (nSPS) is 10.8. The van der Waals surface area contributed by atoms with E-state index in [9.17, 15) is 4.79 Å². The summed E-state index contributed by atoms with van der Waals surface area (Å²) in [7, 11) is 0. The molecule has 0 atom stereocenters. The van der Waals surface area contributed by atoms with Gasteiger partial charge >= 0.3 is 6.03 Å².